The zero-order valence-corrected chi connectivity index (χ0v) is 17.4. The quantitative estimate of drug-likeness (QED) is 0.763. The molecular weight excluding hydrogens is 382 g/mol. The molecule has 0 bridgehead atoms. The number of amides is 2. The summed E-state index contributed by atoms with van der Waals surface area (Å²) < 4.78 is 0. The molecule has 0 spiro atoms. The van der Waals surface area contributed by atoms with Gasteiger partial charge in [0.25, 0.3) is 5.91 Å². The number of pyridine rings is 1. The van der Waals surface area contributed by atoms with Crippen molar-refractivity contribution in [2.24, 2.45) is 5.92 Å². The summed E-state index contributed by atoms with van der Waals surface area (Å²) in [6, 6.07) is 13.6. The fourth-order valence-corrected chi connectivity index (χ4v) is 5.00. The molecule has 2 aliphatic heterocycles. The molecule has 4 rings (SSSR count). The van der Waals surface area contributed by atoms with Crippen LogP contribution in [0.3, 0.4) is 0 Å². The number of carbonyl (C=O) groups is 2. The smallest absolute Gasteiger partial charge is 0.256 e. The monoisotopic (exact) mass is 409 g/mol. The third kappa shape index (κ3) is 4.81. The Labute approximate surface area is 176 Å². The summed E-state index contributed by atoms with van der Waals surface area (Å²) in [5.41, 5.74) is 0.641. The second-order valence-corrected chi connectivity index (χ2v) is 8.79. The fourth-order valence-electron chi connectivity index (χ4n) is 4.11. The molecule has 0 N–H and O–H groups in total. The minimum Gasteiger partial charge on any atom is -0.342 e. The second-order valence-electron chi connectivity index (χ2n) is 7.72. The van der Waals surface area contributed by atoms with Crippen molar-refractivity contribution < 1.29 is 9.59 Å². The summed E-state index contributed by atoms with van der Waals surface area (Å²) in [5.74, 6) is 0.364. The van der Waals surface area contributed by atoms with E-state index in [0.717, 1.165) is 48.7 Å². The molecule has 0 aliphatic carbocycles. The number of nitrogens with zero attached hydrogens (tertiary/aromatic N) is 3. The van der Waals surface area contributed by atoms with Gasteiger partial charge < -0.3 is 9.80 Å². The average molecular weight is 410 g/mol. The van der Waals surface area contributed by atoms with Gasteiger partial charge in [-0.2, -0.15) is 0 Å². The average Bonchev–Trinajstić information content (AvgIpc) is 2.80. The van der Waals surface area contributed by atoms with Gasteiger partial charge in [0, 0.05) is 43.2 Å². The first-order valence-electron chi connectivity index (χ1n) is 10.5. The Bertz CT molecular complexity index is 844. The van der Waals surface area contributed by atoms with Crippen molar-refractivity contribution in [2.75, 3.05) is 26.2 Å². The van der Waals surface area contributed by atoms with Crippen molar-refractivity contribution in [2.45, 2.75) is 42.0 Å². The normalized spacial score (nSPS) is 17.9. The Morgan fingerprint density at radius 2 is 1.59 bits per heavy atom. The van der Waals surface area contributed by atoms with Crippen molar-refractivity contribution >= 4 is 23.6 Å². The topological polar surface area (TPSA) is 53.5 Å². The largest absolute Gasteiger partial charge is 0.342 e. The number of hydrogen-bond acceptors (Lipinski definition) is 4. The van der Waals surface area contributed by atoms with Gasteiger partial charge in [-0.25, -0.2) is 4.98 Å². The van der Waals surface area contributed by atoms with Crippen LogP contribution >= 0.6 is 11.8 Å². The van der Waals surface area contributed by atoms with E-state index in [9.17, 15) is 9.59 Å². The van der Waals surface area contributed by atoms with Gasteiger partial charge in [-0.15, -0.1) is 0 Å². The number of benzene rings is 1. The molecule has 0 atom stereocenters. The maximum atomic E-state index is 13.2. The van der Waals surface area contributed by atoms with Gasteiger partial charge in [0.1, 0.15) is 5.03 Å². The van der Waals surface area contributed by atoms with E-state index < -0.39 is 0 Å². The van der Waals surface area contributed by atoms with E-state index in [2.05, 4.69) is 4.98 Å². The second kappa shape index (κ2) is 9.44. The van der Waals surface area contributed by atoms with Crippen LogP contribution in [0.25, 0.3) is 0 Å². The summed E-state index contributed by atoms with van der Waals surface area (Å²) in [6.45, 7) is 3.06. The Morgan fingerprint density at radius 3 is 2.31 bits per heavy atom. The highest BCUT2D eigenvalue weighted by molar-refractivity contribution is 7.99. The number of aromatic nitrogens is 1. The third-order valence-corrected chi connectivity index (χ3v) is 6.78. The van der Waals surface area contributed by atoms with E-state index >= 15 is 0 Å². The maximum Gasteiger partial charge on any atom is 0.256 e. The van der Waals surface area contributed by atoms with Crippen LogP contribution in [0.15, 0.2) is 58.6 Å². The molecule has 3 heterocycles. The lowest BCUT2D eigenvalue weighted by molar-refractivity contribution is -0.137. The van der Waals surface area contributed by atoms with Crippen LogP contribution in [-0.2, 0) is 4.79 Å². The lowest BCUT2D eigenvalue weighted by Gasteiger charge is -2.35. The highest BCUT2D eigenvalue weighted by Gasteiger charge is 2.31. The summed E-state index contributed by atoms with van der Waals surface area (Å²) in [6.07, 6.45) is 6.69. The van der Waals surface area contributed by atoms with E-state index in [1.807, 2.05) is 52.3 Å². The first kappa shape index (κ1) is 20.0. The van der Waals surface area contributed by atoms with Crippen LogP contribution < -0.4 is 0 Å². The van der Waals surface area contributed by atoms with Crippen LogP contribution in [0.1, 0.15) is 42.5 Å². The van der Waals surface area contributed by atoms with Crippen LogP contribution in [0.5, 0.6) is 0 Å². The maximum absolute atomic E-state index is 13.2. The first-order valence-corrected chi connectivity index (χ1v) is 11.3. The predicted octanol–water partition coefficient (Wildman–Crippen LogP) is 4.10. The van der Waals surface area contributed by atoms with Gasteiger partial charge in [-0.3, -0.25) is 9.59 Å². The number of likely N-dealkylation sites (tertiary alicyclic amines) is 2. The molecular formula is C23H27N3O2S. The zero-order chi connectivity index (χ0) is 20.1. The van der Waals surface area contributed by atoms with Gasteiger partial charge in [0.2, 0.25) is 5.91 Å². The Morgan fingerprint density at radius 1 is 0.862 bits per heavy atom. The van der Waals surface area contributed by atoms with Crippen molar-refractivity contribution in [1.29, 1.82) is 0 Å². The standard InChI is InChI=1S/C23H27N3O2S/c27-22(25-14-5-2-6-15-25)18-11-16-26(17-12-18)23(28)20-10-7-13-24-21(20)29-19-8-3-1-4-9-19/h1,3-4,7-10,13,18H,2,5-6,11-12,14-17H2. The molecule has 1 aromatic carbocycles. The van der Waals surface area contributed by atoms with Crippen molar-refractivity contribution in [3.05, 3.63) is 54.2 Å². The molecule has 2 saturated heterocycles. The molecule has 2 fully saturated rings. The molecule has 29 heavy (non-hydrogen) atoms. The fraction of sp³-hybridized carbons (Fsp3) is 0.435. The van der Waals surface area contributed by atoms with Crippen LogP contribution in [0.4, 0.5) is 0 Å². The minimum absolute atomic E-state index is 0.0143. The van der Waals surface area contributed by atoms with E-state index in [0.29, 0.717) is 24.6 Å². The molecule has 0 unspecified atom stereocenters. The van der Waals surface area contributed by atoms with E-state index in [1.165, 1.54) is 18.2 Å². The number of carbonyl (C=O) groups excluding carboxylic acids is 2. The van der Waals surface area contributed by atoms with Gasteiger partial charge in [-0.05, 0) is 56.4 Å². The Hall–Kier alpha value is -2.34. The molecule has 0 saturated carbocycles. The molecule has 2 aromatic rings. The van der Waals surface area contributed by atoms with Gasteiger partial charge >= 0.3 is 0 Å². The van der Waals surface area contributed by atoms with E-state index in [-0.39, 0.29) is 11.8 Å². The number of piperidine rings is 2. The van der Waals surface area contributed by atoms with Crippen LogP contribution in [0, 0.1) is 5.92 Å². The SMILES string of the molecule is O=C(c1cccnc1Sc1ccccc1)N1CCC(C(=O)N2CCCCC2)CC1. The first-order chi connectivity index (χ1) is 14.2. The van der Waals surface area contributed by atoms with E-state index in [4.69, 9.17) is 0 Å². The molecule has 6 heteroatoms. The lowest BCUT2D eigenvalue weighted by atomic mass is 9.94. The van der Waals surface area contributed by atoms with Gasteiger partial charge in [0.15, 0.2) is 0 Å². The molecule has 1 aromatic heterocycles. The van der Waals surface area contributed by atoms with Gasteiger partial charge in [-0.1, -0.05) is 30.0 Å². The molecule has 152 valence electrons. The number of hydrogen-bond donors (Lipinski definition) is 0. The van der Waals surface area contributed by atoms with Gasteiger partial charge in [0.05, 0.1) is 5.56 Å². The van der Waals surface area contributed by atoms with Crippen molar-refractivity contribution in [3.63, 3.8) is 0 Å². The van der Waals surface area contributed by atoms with Crippen LogP contribution in [-0.4, -0.2) is 52.8 Å². The molecule has 5 nitrogen and oxygen atoms in total. The highest BCUT2D eigenvalue weighted by Crippen LogP contribution is 2.30. The summed E-state index contributed by atoms with van der Waals surface area (Å²) in [7, 11) is 0. The molecule has 0 radical (unpaired) electrons. The summed E-state index contributed by atoms with van der Waals surface area (Å²) in [5, 5.41) is 0.732. The van der Waals surface area contributed by atoms with E-state index in [1.54, 1.807) is 6.20 Å². The Balaban J connectivity index is 1.39. The lowest BCUT2D eigenvalue weighted by Crippen LogP contribution is -2.45. The zero-order valence-electron chi connectivity index (χ0n) is 16.6. The van der Waals surface area contributed by atoms with Crippen molar-refractivity contribution in [3.8, 4) is 0 Å². The number of rotatable bonds is 4. The predicted molar refractivity (Wildman–Crippen MR) is 114 cm³/mol. The van der Waals surface area contributed by atoms with Crippen LogP contribution in [0.2, 0.25) is 0 Å². The molecule has 2 amide bonds. The Kier molecular flexibility index (Phi) is 6.49. The summed E-state index contributed by atoms with van der Waals surface area (Å²) >= 11 is 1.51. The minimum atomic E-state index is 0.0143. The molecule has 2 aliphatic rings. The highest BCUT2D eigenvalue weighted by atomic mass is 32.2. The third-order valence-electron chi connectivity index (χ3n) is 5.76. The summed E-state index contributed by atoms with van der Waals surface area (Å²) in [4.78, 5) is 35.4. The van der Waals surface area contributed by atoms with Crippen molar-refractivity contribution in [1.82, 2.24) is 14.8 Å².